The topological polar surface area (TPSA) is 105 Å². The van der Waals surface area contributed by atoms with Crippen LogP contribution in [0.25, 0.3) is 10.1 Å². The maximum atomic E-state index is 12.3. The van der Waals surface area contributed by atoms with Crippen LogP contribution < -0.4 is 10.6 Å². The molecule has 3 aromatic rings. The monoisotopic (exact) mass is 473 g/mol. The highest BCUT2D eigenvalue weighted by molar-refractivity contribution is 7.21. The van der Waals surface area contributed by atoms with Crippen molar-refractivity contribution in [3.63, 3.8) is 0 Å². The molecule has 0 aliphatic heterocycles. The number of thiophene rings is 1. The van der Waals surface area contributed by atoms with E-state index >= 15 is 0 Å². The summed E-state index contributed by atoms with van der Waals surface area (Å²) in [4.78, 5) is 49.8. The average molecular weight is 474 g/mol. The number of carbonyl (C=O) groups is 4. The Kier molecular flexibility index (Phi) is 7.45. The van der Waals surface area contributed by atoms with E-state index in [1.54, 1.807) is 38.4 Å². The quantitative estimate of drug-likeness (QED) is 0.513. The van der Waals surface area contributed by atoms with Gasteiger partial charge in [0.15, 0.2) is 6.61 Å². The summed E-state index contributed by atoms with van der Waals surface area (Å²) in [6.07, 6.45) is 0. The lowest BCUT2D eigenvalue weighted by molar-refractivity contribution is -0.146. The zero-order chi connectivity index (χ0) is 23.3. The van der Waals surface area contributed by atoms with Crippen LogP contribution in [0.4, 0.5) is 5.69 Å². The van der Waals surface area contributed by atoms with E-state index in [-0.39, 0.29) is 5.91 Å². The molecule has 1 aromatic heterocycles. The summed E-state index contributed by atoms with van der Waals surface area (Å²) < 4.78 is 5.75. The number of carbonyl (C=O) groups excluding carboxylic acids is 4. The van der Waals surface area contributed by atoms with Gasteiger partial charge in [0.1, 0.15) is 11.4 Å². The first-order valence-electron chi connectivity index (χ1n) is 9.48. The van der Waals surface area contributed by atoms with Crippen molar-refractivity contribution in [3.05, 3.63) is 64.0 Å². The Labute approximate surface area is 193 Å². The number of esters is 1. The number of hydrogen-bond donors (Lipinski definition) is 2. The molecule has 0 saturated heterocycles. The number of rotatable bonds is 7. The molecular formula is C22H20ClN3O5S. The second-order valence-electron chi connectivity index (χ2n) is 6.91. The minimum atomic E-state index is -0.766. The van der Waals surface area contributed by atoms with E-state index in [4.69, 9.17) is 16.3 Å². The summed E-state index contributed by atoms with van der Waals surface area (Å²) in [5.74, 6) is -1.97. The van der Waals surface area contributed by atoms with E-state index in [1.165, 1.54) is 16.2 Å². The summed E-state index contributed by atoms with van der Waals surface area (Å²) in [5, 5.41) is 6.10. The fraction of sp³-hybridized carbons (Fsp3) is 0.182. The van der Waals surface area contributed by atoms with E-state index < -0.39 is 30.9 Å². The molecule has 0 atom stereocenters. The van der Waals surface area contributed by atoms with Crippen molar-refractivity contribution in [1.82, 2.24) is 10.2 Å². The van der Waals surface area contributed by atoms with Crippen LogP contribution >= 0.6 is 22.9 Å². The van der Waals surface area contributed by atoms with Crippen LogP contribution in [0.1, 0.15) is 20.0 Å². The lowest BCUT2D eigenvalue weighted by atomic mass is 10.2. The lowest BCUT2D eigenvalue weighted by Crippen LogP contribution is -2.32. The third-order valence-electron chi connectivity index (χ3n) is 4.32. The highest BCUT2D eigenvalue weighted by atomic mass is 35.5. The molecule has 2 aromatic carbocycles. The first kappa shape index (κ1) is 23.2. The number of halogens is 1. The van der Waals surface area contributed by atoms with Crippen molar-refractivity contribution in [1.29, 1.82) is 0 Å². The molecule has 3 rings (SSSR count). The van der Waals surface area contributed by atoms with Gasteiger partial charge in [-0.1, -0.05) is 29.8 Å². The number of hydrogen-bond acceptors (Lipinski definition) is 6. The van der Waals surface area contributed by atoms with Gasteiger partial charge in [0.05, 0.1) is 5.02 Å². The molecule has 0 unspecified atom stereocenters. The molecule has 1 heterocycles. The van der Waals surface area contributed by atoms with Gasteiger partial charge in [-0.25, -0.2) is 0 Å². The Morgan fingerprint density at radius 2 is 1.72 bits per heavy atom. The molecule has 8 nitrogen and oxygen atoms in total. The molecule has 0 bridgehead atoms. The molecule has 32 heavy (non-hydrogen) atoms. The van der Waals surface area contributed by atoms with Crippen molar-refractivity contribution in [2.75, 3.05) is 32.6 Å². The predicted octanol–water partition coefficient (Wildman–Crippen LogP) is 3.17. The number of amides is 3. The number of fused-ring (bicyclic) bond motifs is 1. The molecular weight excluding hydrogens is 454 g/mol. The van der Waals surface area contributed by atoms with Gasteiger partial charge < -0.3 is 20.3 Å². The Hall–Kier alpha value is -3.43. The zero-order valence-corrected chi connectivity index (χ0v) is 18.9. The fourth-order valence-corrected chi connectivity index (χ4v) is 4.17. The number of nitrogens with zero attached hydrogens (tertiary/aromatic N) is 1. The number of anilines is 1. The Balaban J connectivity index is 1.45. The van der Waals surface area contributed by atoms with Crippen molar-refractivity contribution in [3.8, 4) is 0 Å². The largest absolute Gasteiger partial charge is 0.454 e. The summed E-state index contributed by atoms with van der Waals surface area (Å²) >= 11 is 7.47. The average Bonchev–Trinajstić information content (AvgIpc) is 3.12. The van der Waals surface area contributed by atoms with Crippen molar-refractivity contribution >= 4 is 62.4 Å². The zero-order valence-electron chi connectivity index (χ0n) is 17.3. The minimum absolute atomic E-state index is 0.157. The number of benzene rings is 2. The van der Waals surface area contributed by atoms with Crippen molar-refractivity contribution < 1.29 is 23.9 Å². The molecule has 0 saturated carbocycles. The Morgan fingerprint density at radius 3 is 2.38 bits per heavy atom. The minimum Gasteiger partial charge on any atom is -0.454 e. The van der Waals surface area contributed by atoms with Gasteiger partial charge in [-0.05, 0) is 30.3 Å². The van der Waals surface area contributed by atoms with Gasteiger partial charge in [-0.2, -0.15) is 0 Å². The standard InChI is InChI=1S/C22H20ClN3O5S/c1-26(2)22(30)13-7-9-14(10-8-13)25-17(27)12-31-18(28)11-24-21(29)20-19(23)15-5-3-4-6-16(15)32-20/h3-10H,11-12H2,1-2H3,(H,24,29)(H,25,27). The third-order valence-corrected chi connectivity index (χ3v) is 5.99. The second kappa shape index (κ2) is 10.3. The van der Waals surface area contributed by atoms with Gasteiger partial charge in [0.25, 0.3) is 17.7 Å². The summed E-state index contributed by atoms with van der Waals surface area (Å²) in [6.45, 7) is -0.922. The van der Waals surface area contributed by atoms with Crippen molar-refractivity contribution in [2.45, 2.75) is 0 Å². The molecule has 166 valence electrons. The normalized spacial score (nSPS) is 10.5. The maximum Gasteiger partial charge on any atom is 0.325 e. The molecule has 2 N–H and O–H groups in total. The molecule has 0 spiro atoms. The Morgan fingerprint density at radius 1 is 1.03 bits per heavy atom. The van der Waals surface area contributed by atoms with Gasteiger partial charge >= 0.3 is 5.97 Å². The SMILES string of the molecule is CN(C)C(=O)c1ccc(NC(=O)COC(=O)CNC(=O)c2sc3ccccc3c2Cl)cc1. The summed E-state index contributed by atoms with van der Waals surface area (Å²) in [5.41, 5.74) is 0.933. The second-order valence-corrected chi connectivity index (χ2v) is 8.34. The van der Waals surface area contributed by atoms with Gasteiger partial charge in [-0.3, -0.25) is 19.2 Å². The number of ether oxygens (including phenoxy) is 1. The van der Waals surface area contributed by atoms with Gasteiger partial charge in [-0.15, -0.1) is 11.3 Å². The van der Waals surface area contributed by atoms with E-state index in [1.807, 2.05) is 24.3 Å². The highest BCUT2D eigenvalue weighted by Gasteiger charge is 2.18. The van der Waals surface area contributed by atoms with Gasteiger partial charge in [0.2, 0.25) is 0 Å². The smallest absolute Gasteiger partial charge is 0.325 e. The molecule has 3 amide bonds. The maximum absolute atomic E-state index is 12.3. The summed E-state index contributed by atoms with van der Waals surface area (Å²) in [6, 6.07) is 13.6. The van der Waals surface area contributed by atoms with E-state index in [2.05, 4.69) is 10.6 Å². The van der Waals surface area contributed by atoms with E-state index in [0.29, 0.717) is 21.2 Å². The molecule has 0 radical (unpaired) electrons. The molecule has 10 heteroatoms. The van der Waals surface area contributed by atoms with E-state index in [9.17, 15) is 19.2 Å². The first-order valence-corrected chi connectivity index (χ1v) is 10.7. The van der Waals surface area contributed by atoms with Crippen LogP contribution in [0.3, 0.4) is 0 Å². The fourth-order valence-electron chi connectivity index (χ4n) is 2.74. The Bertz CT molecular complexity index is 1170. The van der Waals surface area contributed by atoms with Crippen LogP contribution in [0.15, 0.2) is 48.5 Å². The lowest BCUT2D eigenvalue weighted by Gasteiger charge is -2.11. The van der Waals surface area contributed by atoms with E-state index in [0.717, 1.165) is 10.1 Å². The highest BCUT2D eigenvalue weighted by Crippen LogP contribution is 2.34. The van der Waals surface area contributed by atoms with Crippen molar-refractivity contribution in [2.24, 2.45) is 0 Å². The molecule has 0 aliphatic carbocycles. The summed E-state index contributed by atoms with van der Waals surface area (Å²) in [7, 11) is 3.29. The first-order chi connectivity index (χ1) is 15.3. The third kappa shape index (κ3) is 5.63. The molecule has 0 fully saturated rings. The molecule has 0 aliphatic rings. The van der Waals surface area contributed by atoms with Crippen LogP contribution in [0, 0.1) is 0 Å². The van der Waals surface area contributed by atoms with Crippen LogP contribution in [-0.4, -0.2) is 55.8 Å². The van der Waals surface area contributed by atoms with Crippen LogP contribution in [0.2, 0.25) is 5.02 Å². The van der Waals surface area contributed by atoms with Crippen LogP contribution in [0.5, 0.6) is 0 Å². The predicted molar refractivity (Wildman–Crippen MR) is 123 cm³/mol. The van der Waals surface area contributed by atoms with Crippen LogP contribution in [-0.2, 0) is 14.3 Å². The van der Waals surface area contributed by atoms with Gasteiger partial charge in [0, 0.05) is 35.4 Å². The number of nitrogens with one attached hydrogen (secondary N) is 2.